The Morgan fingerprint density at radius 2 is 1.85 bits per heavy atom. The average Bonchev–Trinajstić information content (AvgIpc) is 2.50. The van der Waals surface area contributed by atoms with E-state index in [1.165, 1.54) is 0 Å². The Labute approximate surface area is 129 Å². The maximum Gasteiger partial charge on any atom is 0.0646 e. The van der Waals surface area contributed by atoms with Gasteiger partial charge in [0.05, 0.1) is 23.2 Å². The van der Waals surface area contributed by atoms with E-state index in [1.54, 1.807) is 0 Å². The largest absolute Gasteiger partial charge is 0.339 e. The molecule has 0 heterocycles. The summed E-state index contributed by atoms with van der Waals surface area (Å²) in [6.45, 7) is 0.598. The predicted octanol–water partition coefficient (Wildman–Crippen LogP) is 5.13. The quantitative estimate of drug-likeness (QED) is 0.716. The van der Waals surface area contributed by atoms with Crippen LogP contribution in [0.5, 0.6) is 0 Å². The third-order valence-corrected chi connectivity index (χ3v) is 3.58. The van der Waals surface area contributed by atoms with Crippen molar-refractivity contribution in [2.75, 3.05) is 11.4 Å². The van der Waals surface area contributed by atoms with Gasteiger partial charge in [0.2, 0.25) is 0 Å². The normalized spacial score (nSPS) is 10.1. The van der Waals surface area contributed by atoms with Gasteiger partial charge in [-0.2, -0.15) is 5.26 Å². The third-order valence-electron chi connectivity index (χ3n) is 2.97. The first-order chi connectivity index (χ1) is 9.76. The molecule has 2 aromatic carbocycles. The Kier molecular flexibility index (Phi) is 5.29. The van der Waals surface area contributed by atoms with E-state index in [0.717, 1.165) is 16.9 Å². The maximum atomic E-state index is 8.83. The van der Waals surface area contributed by atoms with E-state index in [4.69, 9.17) is 28.5 Å². The number of nitrogens with zero attached hydrogens (tertiary/aromatic N) is 2. The van der Waals surface area contributed by atoms with E-state index >= 15 is 0 Å². The number of rotatable bonds is 5. The molecule has 0 bridgehead atoms. The zero-order valence-corrected chi connectivity index (χ0v) is 12.4. The number of anilines is 2. The fraction of sp³-hybridized carbons (Fsp3) is 0.188. The number of benzene rings is 2. The SMILES string of the molecule is N#CCCN(c1ccccc1)c1ccc(CCl)cc1Cl. The van der Waals surface area contributed by atoms with Crippen molar-refractivity contribution < 1.29 is 0 Å². The van der Waals surface area contributed by atoms with Crippen molar-refractivity contribution in [1.82, 2.24) is 0 Å². The topological polar surface area (TPSA) is 27.0 Å². The molecule has 0 atom stereocenters. The summed E-state index contributed by atoms with van der Waals surface area (Å²) in [6, 6.07) is 17.8. The zero-order valence-electron chi connectivity index (χ0n) is 10.9. The number of hydrogen-bond acceptors (Lipinski definition) is 2. The molecule has 0 aliphatic heterocycles. The lowest BCUT2D eigenvalue weighted by molar-refractivity contribution is 0.948. The van der Waals surface area contributed by atoms with E-state index in [9.17, 15) is 0 Å². The van der Waals surface area contributed by atoms with Gasteiger partial charge in [-0.15, -0.1) is 11.6 Å². The summed E-state index contributed by atoms with van der Waals surface area (Å²) < 4.78 is 0. The minimum atomic E-state index is 0.433. The van der Waals surface area contributed by atoms with E-state index in [-0.39, 0.29) is 0 Å². The van der Waals surface area contributed by atoms with E-state index in [1.807, 2.05) is 53.4 Å². The molecule has 0 saturated carbocycles. The second-order valence-corrected chi connectivity index (χ2v) is 4.99. The maximum absolute atomic E-state index is 8.83. The van der Waals surface area contributed by atoms with Crippen molar-refractivity contribution >= 4 is 34.6 Å². The fourth-order valence-corrected chi connectivity index (χ4v) is 2.48. The van der Waals surface area contributed by atoms with Gasteiger partial charge in [-0.3, -0.25) is 0 Å². The molecule has 0 spiro atoms. The molecule has 20 heavy (non-hydrogen) atoms. The van der Waals surface area contributed by atoms with Crippen molar-refractivity contribution in [3.63, 3.8) is 0 Å². The van der Waals surface area contributed by atoms with E-state index < -0.39 is 0 Å². The summed E-state index contributed by atoms with van der Waals surface area (Å²) in [5, 5.41) is 9.48. The number of hydrogen-bond donors (Lipinski definition) is 0. The molecular formula is C16H14Cl2N2. The molecule has 0 radical (unpaired) electrons. The van der Waals surface area contributed by atoms with Crippen molar-refractivity contribution in [2.24, 2.45) is 0 Å². The highest BCUT2D eigenvalue weighted by Gasteiger charge is 2.12. The van der Waals surface area contributed by atoms with Gasteiger partial charge in [-0.25, -0.2) is 0 Å². The van der Waals surface area contributed by atoms with Crippen LogP contribution in [-0.4, -0.2) is 6.54 Å². The van der Waals surface area contributed by atoms with Crippen LogP contribution in [-0.2, 0) is 5.88 Å². The summed E-state index contributed by atoms with van der Waals surface area (Å²) in [5.74, 6) is 0.434. The molecule has 0 fully saturated rings. The van der Waals surface area contributed by atoms with Crippen LogP contribution in [0.4, 0.5) is 11.4 Å². The Bertz CT molecular complexity index is 606. The van der Waals surface area contributed by atoms with Crippen LogP contribution < -0.4 is 4.90 Å². The highest BCUT2D eigenvalue weighted by Crippen LogP contribution is 2.33. The van der Waals surface area contributed by atoms with Crippen LogP contribution in [0, 0.1) is 11.3 Å². The second-order valence-electron chi connectivity index (χ2n) is 4.31. The molecule has 0 aliphatic carbocycles. The van der Waals surface area contributed by atoms with Crippen LogP contribution in [0.1, 0.15) is 12.0 Å². The van der Waals surface area contributed by atoms with Crippen molar-refractivity contribution in [3.8, 4) is 6.07 Å². The number of para-hydroxylation sites is 1. The minimum Gasteiger partial charge on any atom is -0.339 e. The first-order valence-electron chi connectivity index (χ1n) is 6.30. The van der Waals surface area contributed by atoms with Crippen molar-refractivity contribution in [2.45, 2.75) is 12.3 Å². The molecule has 102 valence electrons. The van der Waals surface area contributed by atoms with Gasteiger partial charge >= 0.3 is 0 Å². The monoisotopic (exact) mass is 304 g/mol. The summed E-state index contributed by atoms with van der Waals surface area (Å²) in [7, 11) is 0. The summed E-state index contributed by atoms with van der Waals surface area (Å²) in [5.41, 5.74) is 2.89. The molecule has 4 heteroatoms. The lowest BCUT2D eigenvalue weighted by atomic mass is 10.2. The lowest BCUT2D eigenvalue weighted by Gasteiger charge is -2.25. The second kappa shape index (κ2) is 7.19. The Hall–Kier alpha value is -1.69. The molecule has 2 rings (SSSR count). The molecule has 0 unspecified atom stereocenters. The standard InChI is InChI=1S/C16H14Cl2N2/c17-12-13-7-8-16(15(18)11-13)20(10-4-9-19)14-5-2-1-3-6-14/h1-3,5-8,11H,4,10,12H2. The van der Waals surface area contributed by atoms with E-state index in [0.29, 0.717) is 23.9 Å². The average molecular weight is 305 g/mol. The molecule has 0 saturated heterocycles. The van der Waals surface area contributed by atoms with Gasteiger partial charge in [0.1, 0.15) is 0 Å². The zero-order chi connectivity index (χ0) is 14.4. The number of halogens is 2. The van der Waals surface area contributed by atoms with Gasteiger partial charge < -0.3 is 4.90 Å². The van der Waals surface area contributed by atoms with Crippen molar-refractivity contribution in [3.05, 3.63) is 59.1 Å². The molecule has 0 N–H and O–H groups in total. The first-order valence-corrected chi connectivity index (χ1v) is 7.21. The Balaban J connectivity index is 2.39. The summed E-state index contributed by atoms with van der Waals surface area (Å²) in [6.07, 6.45) is 0.433. The van der Waals surface area contributed by atoms with Gasteiger partial charge in [-0.05, 0) is 29.8 Å². The predicted molar refractivity (Wildman–Crippen MR) is 84.7 cm³/mol. The van der Waals surface area contributed by atoms with Crippen LogP contribution in [0.25, 0.3) is 0 Å². The Morgan fingerprint density at radius 1 is 1.10 bits per heavy atom. The molecular weight excluding hydrogens is 291 g/mol. The van der Waals surface area contributed by atoms with Crippen LogP contribution in [0.2, 0.25) is 5.02 Å². The smallest absolute Gasteiger partial charge is 0.0646 e. The first kappa shape index (κ1) is 14.7. The summed E-state index contributed by atoms with van der Waals surface area (Å²) >= 11 is 12.2. The van der Waals surface area contributed by atoms with Gasteiger partial charge in [-0.1, -0.05) is 35.9 Å². The van der Waals surface area contributed by atoms with Gasteiger partial charge in [0.25, 0.3) is 0 Å². The van der Waals surface area contributed by atoms with Crippen LogP contribution in [0.3, 0.4) is 0 Å². The molecule has 0 aromatic heterocycles. The number of nitriles is 1. The third kappa shape index (κ3) is 3.45. The molecule has 0 aliphatic rings. The summed E-state index contributed by atoms with van der Waals surface area (Å²) in [4.78, 5) is 2.05. The fourth-order valence-electron chi connectivity index (χ4n) is 2.01. The molecule has 2 aromatic rings. The van der Waals surface area contributed by atoms with Crippen LogP contribution in [0.15, 0.2) is 48.5 Å². The van der Waals surface area contributed by atoms with Crippen molar-refractivity contribution in [1.29, 1.82) is 5.26 Å². The van der Waals surface area contributed by atoms with E-state index in [2.05, 4.69) is 6.07 Å². The Morgan fingerprint density at radius 3 is 2.45 bits per heavy atom. The van der Waals surface area contributed by atoms with Gasteiger partial charge in [0.15, 0.2) is 0 Å². The van der Waals surface area contributed by atoms with Crippen LogP contribution >= 0.6 is 23.2 Å². The number of alkyl halides is 1. The minimum absolute atomic E-state index is 0.433. The highest BCUT2D eigenvalue weighted by atomic mass is 35.5. The highest BCUT2D eigenvalue weighted by molar-refractivity contribution is 6.33. The van der Waals surface area contributed by atoms with Gasteiger partial charge in [0, 0.05) is 18.1 Å². The molecule has 2 nitrogen and oxygen atoms in total. The lowest BCUT2D eigenvalue weighted by Crippen LogP contribution is -2.18. The molecule has 0 amide bonds.